The highest BCUT2D eigenvalue weighted by Gasteiger charge is 2.30. The van der Waals surface area contributed by atoms with Crippen molar-refractivity contribution >= 4 is 22.9 Å². The molecule has 13 heavy (non-hydrogen) atoms. The van der Waals surface area contributed by atoms with Crippen molar-refractivity contribution in [1.29, 1.82) is 0 Å². The fraction of sp³-hybridized carbons (Fsp3) is 0.600. The molecule has 1 aromatic rings. The van der Waals surface area contributed by atoms with Crippen molar-refractivity contribution in [2.75, 3.05) is 0 Å². The van der Waals surface area contributed by atoms with Crippen LogP contribution in [0.2, 0.25) is 4.34 Å². The molecule has 72 valence electrons. The second-order valence-corrected chi connectivity index (χ2v) is 5.77. The van der Waals surface area contributed by atoms with Gasteiger partial charge in [-0.25, -0.2) is 0 Å². The van der Waals surface area contributed by atoms with Gasteiger partial charge >= 0.3 is 0 Å². The summed E-state index contributed by atoms with van der Waals surface area (Å²) in [4.78, 5) is 1.33. The molecule has 0 atom stereocenters. The minimum absolute atomic E-state index is 0.399. The first-order valence-corrected chi connectivity index (χ1v) is 5.87. The standard InChI is InChI=1S/C10H14ClNS/c1-10(5-2-6-10)12-7-8-3-4-9(11)13-8/h3-4,12H,2,5-7H2,1H3. The maximum absolute atomic E-state index is 5.85. The van der Waals surface area contributed by atoms with E-state index in [-0.39, 0.29) is 0 Å². The van der Waals surface area contributed by atoms with Crippen molar-refractivity contribution in [3.8, 4) is 0 Å². The molecule has 1 aliphatic carbocycles. The minimum atomic E-state index is 0.399. The molecule has 0 saturated heterocycles. The van der Waals surface area contributed by atoms with Gasteiger partial charge in [-0.15, -0.1) is 11.3 Å². The van der Waals surface area contributed by atoms with Gasteiger partial charge in [0.05, 0.1) is 4.34 Å². The zero-order valence-corrected chi connectivity index (χ0v) is 9.34. The Kier molecular flexibility index (Phi) is 2.63. The number of hydrogen-bond donors (Lipinski definition) is 1. The van der Waals surface area contributed by atoms with E-state index in [0.29, 0.717) is 5.54 Å². The number of thiophene rings is 1. The van der Waals surface area contributed by atoms with E-state index in [1.165, 1.54) is 24.1 Å². The number of halogens is 1. The molecule has 0 aromatic carbocycles. The van der Waals surface area contributed by atoms with Crippen LogP contribution in [0.5, 0.6) is 0 Å². The molecule has 0 amide bonds. The maximum atomic E-state index is 5.85. The van der Waals surface area contributed by atoms with Gasteiger partial charge in [0, 0.05) is 17.0 Å². The van der Waals surface area contributed by atoms with Gasteiger partial charge < -0.3 is 5.32 Å². The second kappa shape index (κ2) is 3.60. The Morgan fingerprint density at radius 1 is 1.54 bits per heavy atom. The molecule has 3 heteroatoms. The van der Waals surface area contributed by atoms with Gasteiger partial charge in [0.1, 0.15) is 0 Å². The largest absolute Gasteiger partial charge is 0.307 e. The first kappa shape index (κ1) is 9.50. The van der Waals surface area contributed by atoms with Gasteiger partial charge in [-0.3, -0.25) is 0 Å². The van der Waals surface area contributed by atoms with E-state index >= 15 is 0 Å². The molecule has 0 unspecified atom stereocenters. The molecule has 1 heterocycles. The summed E-state index contributed by atoms with van der Waals surface area (Å²) in [7, 11) is 0. The summed E-state index contributed by atoms with van der Waals surface area (Å²) >= 11 is 7.51. The molecule has 0 aliphatic heterocycles. The molecule has 1 nitrogen and oxygen atoms in total. The molecule has 0 radical (unpaired) electrons. The molecule has 1 saturated carbocycles. The van der Waals surface area contributed by atoms with Crippen molar-refractivity contribution in [3.63, 3.8) is 0 Å². The van der Waals surface area contributed by atoms with Crippen LogP contribution in [-0.4, -0.2) is 5.54 Å². The predicted molar refractivity (Wildman–Crippen MR) is 58.4 cm³/mol. The molecule has 1 N–H and O–H groups in total. The third kappa shape index (κ3) is 2.25. The average molecular weight is 216 g/mol. The number of rotatable bonds is 3. The molecule has 1 fully saturated rings. The third-order valence-electron chi connectivity index (χ3n) is 2.78. The van der Waals surface area contributed by atoms with Gasteiger partial charge in [0.2, 0.25) is 0 Å². The van der Waals surface area contributed by atoms with E-state index in [4.69, 9.17) is 11.6 Å². The van der Waals surface area contributed by atoms with E-state index in [2.05, 4.69) is 18.3 Å². The summed E-state index contributed by atoms with van der Waals surface area (Å²) in [5, 5.41) is 3.58. The van der Waals surface area contributed by atoms with Crippen LogP contribution < -0.4 is 5.32 Å². The van der Waals surface area contributed by atoms with Crippen LogP contribution in [0.1, 0.15) is 31.1 Å². The van der Waals surface area contributed by atoms with Crippen LogP contribution in [0.25, 0.3) is 0 Å². The normalized spacial score (nSPS) is 19.8. The van der Waals surface area contributed by atoms with Gasteiger partial charge in [-0.2, -0.15) is 0 Å². The topological polar surface area (TPSA) is 12.0 Å². The SMILES string of the molecule is CC1(NCc2ccc(Cl)s2)CCC1. The van der Waals surface area contributed by atoms with E-state index in [9.17, 15) is 0 Å². The van der Waals surface area contributed by atoms with Crippen molar-refractivity contribution in [3.05, 3.63) is 21.3 Å². The zero-order chi connectivity index (χ0) is 9.31. The summed E-state index contributed by atoms with van der Waals surface area (Å²) < 4.78 is 0.885. The van der Waals surface area contributed by atoms with Crippen molar-refractivity contribution in [1.82, 2.24) is 5.32 Å². The third-order valence-corrected chi connectivity index (χ3v) is 4.01. The fourth-order valence-corrected chi connectivity index (χ4v) is 2.66. The second-order valence-electron chi connectivity index (χ2n) is 3.97. The van der Waals surface area contributed by atoms with Crippen molar-refractivity contribution in [2.24, 2.45) is 0 Å². The first-order valence-electron chi connectivity index (χ1n) is 4.67. The van der Waals surface area contributed by atoms with E-state index in [1.54, 1.807) is 11.3 Å². The average Bonchev–Trinajstić information content (AvgIpc) is 2.44. The van der Waals surface area contributed by atoms with Crippen LogP contribution in [0, 0.1) is 0 Å². The Morgan fingerprint density at radius 3 is 2.77 bits per heavy atom. The molecule has 0 bridgehead atoms. The molecular formula is C10H14ClNS. The van der Waals surface area contributed by atoms with Crippen molar-refractivity contribution < 1.29 is 0 Å². The Bertz CT molecular complexity index is 291. The Morgan fingerprint density at radius 2 is 2.31 bits per heavy atom. The first-order chi connectivity index (χ1) is 6.18. The van der Waals surface area contributed by atoms with Gasteiger partial charge in [0.25, 0.3) is 0 Å². The predicted octanol–water partition coefficient (Wildman–Crippen LogP) is 3.43. The lowest BCUT2D eigenvalue weighted by Crippen LogP contribution is -2.47. The summed E-state index contributed by atoms with van der Waals surface area (Å²) in [6.45, 7) is 3.26. The van der Waals surface area contributed by atoms with Gasteiger partial charge in [0.15, 0.2) is 0 Å². The Labute approximate surface area is 88.1 Å². The molecule has 0 spiro atoms. The smallest absolute Gasteiger partial charge is 0.0931 e. The van der Waals surface area contributed by atoms with Crippen LogP contribution in [0.15, 0.2) is 12.1 Å². The van der Waals surface area contributed by atoms with Gasteiger partial charge in [-0.1, -0.05) is 11.6 Å². The highest BCUT2D eigenvalue weighted by atomic mass is 35.5. The number of hydrogen-bond acceptors (Lipinski definition) is 2. The summed E-state index contributed by atoms with van der Waals surface area (Å²) in [6.07, 6.45) is 3.99. The molecule has 1 aromatic heterocycles. The molecular weight excluding hydrogens is 202 g/mol. The van der Waals surface area contributed by atoms with E-state index in [0.717, 1.165) is 10.9 Å². The van der Waals surface area contributed by atoms with Crippen LogP contribution in [0.4, 0.5) is 0 Å². The summed E-state index contributed by atoms with van der Waals surface area (Å²) in [5.74, 6) is 0. The van der Waals surface area contributed by atoms with Crippen LogP contribution in [0.3, 0.4) is 0 Å². The van der Waals surface area contributed by atoms with Crippen LogP contribution in [-0.2, 0) is 6.54 Å². The van der Waals surface area contributed by atoms with E-state index in [1.807, 2.05) is 6.07 Å². The highest BCUT2D eigenvalue weighted by molar-refractivity contribution is 7.16. The lowest BCUT2D eigenvalue weighted by molar-refractivity contribution is 0.207. The summed E-state index contributed by atoms with van der Waals surface area (Å²) in [6, 6.07) is 4.06. The van der Waals surface area contributed by atoms with Gasteiger partial charge in [-0.05, 0) is 38.3 Å². The lowest BCUT2D eigenvalue weighted by Gasteiger charge is -2.39. The van der Waals surface area contributed by atoms with Crippen molar-refractivity contribution in [2.45, 2.75) is 38.3 Å². The highest BCUT2D eigenvalue weighted by Crippen LogP contribution is 2.31. The summed E-state index contributed by atoms with van der Waals surface area (Å²) in [5.41, 5.74) is 0.399. The zero-order valence-electron chi connectivity index (χ0n) is 7.77. The molecule has 1 aliphatic rings. The Balaban J connectivity index is 1.85. The number of nitrogens with one attached hydrogen (secondary N) is 1. The van der Waals surface area contributed by atoms with Crippen LogP contribution >= 0.6 is 22.9 Å². The minimum Gasteiger partial charge on any atom is -0.307 e. The quantitative estimate of drug-likeness (QED) is 0.815. The monoisotopic (exact) mass is 215 g/mol. The maximum Gasteiger partial charge on any atom is 0.0931 e. The lowest BCUT2D eigenvalue weighted by atomic mass is 9.78. The Hall–Kier alpha value is -0.0500. The fourth-order valence-electron chi connectivity index (χ4n) is 1.63. The molecule has 2 rings (SSSR count). The van der Waals surface area contributed by atoms with E-state index < -0.39 is 0 Å².